The molecule has 0 heterocycles. The molecule has 0 aromatic carbocycles. The molecule has 0 aliphatic carbocycles. The average molecular weight is 310 g/mol. The molecule has 104 valence electrons. The fourth-order valence-electron chi connectivity index (χ4n) is 1.77. The van der Waals surface area contributed by atoms with Crippen LogP contribution in [0.15, 0.2) is 0 Å². The number of hydrogen-bond donors (Lipinski definition) is 0. The molecule has 6 nitrogen and oxygen atoms in total. The zero-order valence-electron chi connectivity index (χ0n) is 11.6. The van der Waals surface area contributed by atoms with E-state index < -0.39 is 16.6 Å². The van der Waals surface area contributed by atoms with Crippen LogP contribution in [0.25, 0.3) is 13.5 Å². The van der Waals surface area contributed by atoms with Gasteiger partial charge in [0.1, 0.15) is 0 Å². The van der Waals surface area contributed by atoms with E-state index in [4.69, 9.17) is 35.5 Å². The van der Waals surface area contributed by atoms with Crippen molar-refractivity contribution in [2.45, 2.75) is 44.2 Å². The van der Waals surface area contributed by atoms with Crippen LogP contribution in [0.4, 0.5) is 0 Å². The number of hydrogen-bond acceptors (Lipinski definition) is 3. The van der Waals surface area contributed by atoms with Crippen molar-refractivity contribution in [3.05, 3.63) is 33.2 Å². The Kier molecular flexibility index (Phi) is 8.14. The third kappa shape index (κ3) is 5.48. The maximum absolute atomic E-state index is 8.88. The highest BCUT2D eigenvalue weighted by Gasteiger charge is 2.76. The van der Waals surface area contributed by atoms with E-state index in [2.05, 4.69) is 13.5 Å². The summed E-state index contributed by atoms with van der Waals surface area (Å²) in [6.45, 7) is 20.9. The van der Waals surface area contributed by atoms with Crippen molar-refractivity contribution in [1.29, 1.82) is 15.8 Å². The molecule has 0 aromatic heterocycles. The van der Waals surface area contributed by atoms with Gasteiger partial charge in [-0.3, -0.25) is 33.2 Å². The van der Waals surface area contributed by atoms with E-state index in [1.165, 1.54) is 0 Å². The van der Waals surface area contributed by atoms with Gasteiger partial charge in [0, 0.05) is 0 Å². The van der Waals surface area contributed by atoms with Crippen LogP contribution >= 0.6 is 0 Å². The Balaban J connectivity index is 3.98. The molecule has 0 fully saturated rings. The minimum absolute atomic E-state index is 0.376. The monoisotopic (exact) mass is 310 g/mol. The molecule has 0 amide bonds. The summed E-state index contributed by atoms with van der Waals surface area (Å²) in [5.74, 6) is 0. The Morgan fingerprint density at radius 3 is 1.43 bits per heavy atom. The highest BCUT2D eigenvalue weighted by molar-refractivity contribution is 6.99. The molecule has 0 spiro atoms. The molecule has 0 aromatic rings. The molecule has 0 aliphatic heterocycles. The number of nitrogens with zero attached hydrogens (tertiary/aromatic N) is 6. The summed E-state index contributed by atoms with van der Waals surface area (Å²) in [6, 6.07) is 0.762. The van der Waals surface area contributed by atoms with Crippen molar-refractivity contribution >= 4 is 16.6 Å². The molecule has 0 atom stereocenters. The van der Waals surface area contributed by atoms with Gasteiger partial charge < -0.3 is 0 Å². The zero-order chi connectivity index (χ0) is 16.2. The Morgan fingerprint density at radius 1 is 0.667 bits per heavy atom. The predicted molar refractivity (Wildman–Crippen MR) is 80.9 cm³/mol. The molecule has 0 unspecified atom stereocenters. The van der Waals surface area contributed by atoms with Gasteiger partial charge in [-0.2, -0.15) is 0 Å². The van der Waals surface area contributed by atoms with Gasteiger partial charge in [-0.1, -0.05) is 25.7 Å². The van der Waals surface area contributed by atoms with Crippen LogP contribution in [0, 0.1) is 52.6 Å². The zero-order valence-corrected chi connectivity index (χ0v) is 13.6. The van der Waals surface area contributed by atoms with Crippen LogP contribution in [-0.4, -0.2) is 16.6 Å². The van der Waals surface area contributed by atoms with Crippen molar-refractivity contribution in [2.75, 3.05) is 0 Å². The first-order chi connectivity index (χ1) is 10.1. The molecule has 0 radical (unpaired) electrons. The van der Waals surface area contributed by atoms with Crippen molar-refractivity contribution in [3.8, 4) is 17.1 Å². The van der Waals surface area contributed by atoms with Gasteiger partial charge in [0.05, 0.1) is 17.1 Å². The van der Waals surface area contributed by atoms with Crippen molar-refractivity contribution in [2.24, 2.45) is 0 Å². The maximum atomic E-state index is 8.88. The quantitative estimate of drug-likeness (QED) is 0.392. The summed E-state index contributed by atoms with van der Waals surface area (Å²) in [4.78, 5) is 0. The molecular weight excluding hydrogens is 296 g/mol. The highest BCUT2D eigenvalue weighted by atomic mass is 28.4. The van der Waals surface area contributed by atoms with E-state index in [1.54, 1.807) is 0 Å². The van der Waals surface area contributed by atoms with Crippen LogP contribution in [-0.2, 0) is 0 Å². The molecule has 0 N–H and O–H groups in total. The smallest absolute Gasteiger partial charge is 0.267 e. The van der Waals surface area contributed by atoms with Crippen LogP contribution in [0.2, 0.25) is 12.1 Å². The standard InChI is InChI=1S/C13H14N6Si2/c1-17-21(18-2,19-3)10-8-6-4-5-7-9-20(11-14,12-15)13-16/h4-10H2. The second-order valence-corrected chi connectivity index (χ2v) is 10.3. The fourth-order valence-corrected chi connectivity index (χ4v) is 4.24. The van der Waals surface area contributed by atoms with Gasteiger partial charge in [-0.05, 0) is 12.5 Å². The Hall–Kier alpha value is -2.63. The van der Waals surface area contributed by atoms with E-state index in [-0.39, 0.29) is 0 Å². The topological polar surface area (TPSA) is 84.4 Å². The average Bonchev–Trinajstić information content (AvgIpc) is 2.55. The number of unbranched alkanes of at least 4 members (excludes halogenated alkanes) is 4. The van der Waals surface area contributed by atoms with Crippen LogP contribution in [0.1, 0.15) is 32.1 Å². The third-order valence-electron chi connectivity index (χ3n) is 3.17. The second-order valence-electron chi connectivity index (χ2n) is 4.62. The first kappa shape index (κ1) is 18.4. The van der Waals surface area contributed by atoms with Crippen LogP contribution < -0.4 is 0 Å². The van der Waals surface area contributed by atoms with E-state index in [1.807, 2.05) is 17.1 Å². The maximum Gasteiger partial charge on any atom is 1.27 e. The molecule has 0 rings (SSSR count). The lowest BCUT2D eigenvalue weighted by Gasteiger charge is -2.04. The molecule has 21 heavy (non-hydrogen) atoms. The van der Waals surface area contributed by atoms with E-state index in [9.17, 15) is 0 Å². The molecule has 0 saturated heterocycles. The van der Waals surface area contributed by atoms with Crippen LogP contribution in [0.5, 0.6) is 0 Å². The van der Waals surface area contributed by atoms with Crippen molar-refractivity contribution < 1.29 is 0 Å². The SMILES string of the molecule is [C-]#[N+][Si](CCCCCCC[Si](C#N)(C#N)C#N)([N+]#[C-])[N+]#[C-]. The Labute approximate surface area is 127 Å². The van der Waals surface area contributed by atoms with Gasteiger partial charge in [0.25, 0.3) is 0 Å². The molecular formula is C13H14N6Si2. The molecule has 0 saturated carbocycles. The second kappa shape index (κ2) is 9.30. The Bertz CT molecular complexity index is 475. The number of nitriles is 3. The molecule has 0 aliphatic rings. The predicted octanol–water partition coefficient (Wildman–Crippen LogP) is 3.27. The Morgan fingerprint density at radius 2 is 1.05 bits per heavy atom. The number of rotatable bonds is 8. The third-order valence-corrected chi connectivity index (χ3v) is 7.52. The summed E-state index contributed by atoms with van der Waals surface area (Å²) in [5.41, 5.74) is 5.65. The summed E-state index contributed by atoms with van der Waals surface area (Å²) < 4.78 is 9.70. The summed E-state index contributed by atoms with van der Waals surface area (Å²) in [7, 11) is -6.11. The largest absolute Gasteiger partial charge is 1.27 e. The van der Waals surface area contributed by atoms with Gasteiger partial charge in [0.2, 0.25) is 0 Å². The van der Waals surface area contributed by atoms with E-state index in [0.29, 0.717) is 24.9 Å². The summed E-state index contributed by atoms with van der Waals surface area (Å²) in [5, 5.41) is 26.6. The lowest BCUT2D eigenvalue weighted by atomic mass is 10.2. The minimum Gasteiger partial charge on any atom is -0.267 e. The van der Waals surface area contributed by atoms with Crippen LogP contribution in [0.3, 0.4) is 0 Å². The van der Waals surface area contributed by atoms with E-state index >= 15 is 0 Å². The van der Waals surface area contributed by atoms with Crippen molar-refractivity contribution in [3.63, 3.8) is 0 Å². The fraction of sp³-hybridized carbons (Fsp3) is 0.538. The lowest BCUT2D eigenvalue weighted by molar-refractivity contribution is 0.652. The van der Waals surface area contributed by atoms with Gasteiger partial charge in [-0.15, -0.1) is 0 Å². The van der Waals surface area contributed by atoms with Gasteiger partial charge in [-0.25, -0.2) is 15.8 Å². The molecule has 8 heteroatoms. The lowest BCUT2D eigenvalue weighted by Crippen LogP contribution is -2.29. The molecule has 0 bridgehead atoms. The normalized spacial score (nSPS) is 10.0. The minimum atomic E-state index is -3.08. The van der Waals surface area contributed by atoms with Crippen molar-refractivity contribution in [1.82, 2.24) is 0 Å². The summed E-state index contributed by atoms with van der Waals surface area (Å²) >= 11 is 0. The summed E-state index contributed by atoms with van der Waals surface area (Å²) in [6.07, 6.45) is 3.89. The highest BCUT2D eigenvalue weighted by Crippen LogP contribution is 2.21. The van der Waals surface area contributed by atoms with Gasteiger partial charge >= 0.3 is 16.6 Å². The first-order valence-electron chi connectivity index (χ1n) is 6.47. The first-order valence-corrected chi connectivity index (χ1v) is 10.7. The van der Waals surface area contributed by atoms with Gasteiger partial charge in [0.15, 0.2) is 6.04 Å². The van der Waals surface area contributed by atoms with E-state index in [0.717, 1.165) is 19.3 Å².